The predicted molar refractivity (Wildman–Crippen MR) is 166 cm³/mol. The molecule has 0 saturated carbocycles. The smallest absolute Gasteiger partial charge is 0.257 e. The fourth-order valence-electron chi connectivity index (χ4n) is 4.45. The summed E-state index contributed by atoms with van der Waals surface area (Å²) in [7, 11) is -7.36. The van der Waals surface area contributed by atoms with Gasteiger partial charge in [0, 0.05) is 7.05 Å². The van der Waals surface area contributed by atoms with Crippen LogP contribution in [-0.2, 0) is 14.4 Å². The van der Waals surface area contributed by atoms with Gasteiger partial charge in [-0.15, -0.1) is 0 Å². The summed E-state index contributed by atoms with van der Waals surface area (Å²) in [5.74, 6) is -6.38. The van der Waals surface area contributed by atoms with E-state index in [2.05, 4.69) is 16.0 Å². The molecular formula is C31H33ClN4O9. The Hall–Kier alpha value is -5.01. The van der Waals surface area contributed by atoms with Gasteiger partial charge in [0.05, 0.1) is 74.5 Å². The second-order valence-electron chi connectivity index (χ2n) is 9.77. The van der Waals surface area contributed by atoms with Gasteiger partial charge in [-0.05, 0) is 55.3 Å². The molecular weight excluding hydrogens is 608 g/mol. The lowest BCUT2D eigenvalue weighted by atomic mass is 10.1. The predicted octanol–water partition coefficient (Wildman–Crippen LogP) is 4.49. The Labute approximate surface area is 277 Å². The summed E-state index contributed by atoms with van der Waals surface area (Å²) in [6.45, 7) is 3.59. The molecule has 3 N–H and O–H groups in total. The van der Waals surface area contributed by atoms with Crippen LogP contribution in [0.3, 0.4) is 0 Å². The van der Waals surface area contributed by atoms with Crippen molar-refractivity contribution in [3.8, 4) is 28.7 Å². The summed E-state index contributed by atoms with van der Waals surface area (Å²) in [5, 5.41) is 7.54. The van der Waals surface area contributed by atoms with Gasteiger partial charge in [-0.3, -0.25) is 24.0 Å². The Morgan fingerprint density at radius 2 is 1.67 bits per heavy atom. The Morgan fingerprint density at radius 1 is 0.978 bits per heavy atom. The molecule has 45 heavy (non-hydrogen) atoms. The fraction of sp³-hybridized carbons (Fsp3) is 0.290. The van der Waals surface area contributed by atoms with Crippen molar-refractivity contribution in [2.45, 2.75) is 26.3 Å². The molecule has 0 aromatic heterocycles. The molecule has 1 heterocycles. The highest BCUT2D eigenvalue weighted by Crippen LogP contribution is 2.45. The number of carbonyl (C=O) groups is 4. The first-order chi connectivity index (χ1) is 24.8. The van der Waals surface area contributed by atoms with Crippen molar-refractivity contribution in [3.05, 3.63) is 63.7 Å². The topological polar surface area (TPSA) is 154 Å². The minimum Gasteiger partial charge on any atom is -0.493 e. The third kappa shape index (κ3) is 7.05. The molecule has 3 aromatic carbocycles. The molecule has 4 amide bonds. The molecule has 1 atom stereocenters. The van der Waals surface area contributed by atoms with Gasteiger partial charge in [-0.1, -0.05) is 17.7 Å². The summed E-state index contributed by atoms with van der Waals surface area (Å²) in [6.07, 6.45) is -0.479. The van der Waals surface area contributed by atoms with Crippen molar-refractivity contribution in [1.29, 1.82) is 0 Å². The minimum atomic E-state index is -3.33. The van der Waals surface area contributed by atoms with E-state index >= 15 is 0 Å². The van der Waals surface area contributed by atoms with Crippen molar-refractivity contribution in [2.24, 2.45) is 0 Å². The van der Waals surface area contributed by atoms with Crippen LogP contribution < -0.4 is 34.9 Å². The molecule has 0 saturated heterocycles. The Morgan fingerprint density at radius 3 is 2.33 bits per heavy atom. The van der Waals surface area contributed by atoms with Crippen molar-refractivity contribution >= 4 is 46.6 Å². The first kappa shape index (κ1) is 22.5. The van der Waals surface area contributed by atoms with Crippen LogP contribution in [0, 0.1) is 13.8 Å². The molecule has 238 valence electrons. The van der Waals surface area contributed by atoms with E-state index in [-0.39, 0.29) is 28.4 Å². The lowest BCUT2D eigenvalue weighted by Gasteiger charge is -2.18. The molecule has 13 nitrogen and oxygen atoms in total. The number of benzene rings is 3. The molecule has 0 aliphatic carbocycles. The molecule has 14 heteroatoms. The van der Waals surface area contributed by atoms with Gasteiger partial charge >= 0.3 is 0 Å². The highest BCUT2D eigenvalue weighted by atomic mass is 35.5. The number of fused-ring (bicyclic) bond motifs is 1. The molecule has 4 rings (SSSR count). The Balaban J connectivity index is 1.88. The first-order valence-electron chi connectivity index (χ1n) is 17.5. The van der Waals surface area contributed by atoms with Gasteiger partial charge in [-0.25, -0.2) is 5.06 Å². The zero-order valence-electron chi connectivity index (χ0n) is 33.2. The van der Waals surface area contributed by atoms with Crippen LogP contribution in [0.5, 0.6) is 28.7 Å². The third-order valence-corrected chi connectivity index (χ3v) is 6.99. The first-order valence-corrected chi connectivity index (χ1v) is 13.3. The van der Waals surface area contributed by atoms with E-state index < -0.39 is 85.0 Å². The number of rotatable bonds is 10. The maximum absolute atomic E-state index is 14.0. The quantitative estimate of drug-likeness (QED) is 0.270. The highest BCUT2D eigenvalue weighted by molar-refractivity contribution is 6.36. The minimum absolute atomic E-state index is 0.137. The van der Waals surface area contributed by atoms with Gasteiger partial charge in [-0.2, -0.15) is 0 Å². The molecule has 1 aliphatic heterocycles. The van der Waals surface area contributed by atoms with E-state index in [4.69, 9.17) is 47.7 Å². The molecule has 0 spiro atoms. The zero-order chi connectivity index (χ0) is 40.5. The number of hydrogen-bond acceptors (Lipinski definition) is 9. The second kappa shape index (κ2) is 13.7. The van der Waals surface area contributed by atoms with E-state index in [9.17, 15) is 19.2 Å². The van der Waals surface area contributed by atoms with E-state index in [1.807, 2.05) is 6.07 Å². The number of ether oxygens (including phenoxy) is 4. The van der Waals surface area contributed by atoms with Crippen molar-refractivity contribution in [2.75, 3.05) is 45.9 Å². The van der Waals surface area contributed by atoms with E-state index in [0.29, 0.717) is 6.07 Å². The fourth-order valence-corrected chi connectivity index (χ4v) is 4.72. The average Bonchev–Trinajstić information content (AvgIpc) is 3.12. The summed E-state index contributed by atoms with van der Waals surface area (Å²) in [6, 6.07) is 6.87. The zero-order valence-corrected chi connectivity index (χ0v) is 25.0. The van der Waals surface area contributed by atoms with Crippen LogP contribution in [0.25, 0.3) is 0 Å². The molecule has 1 aliphatic rings. The van der Waals surface area contributed by atoms with Crippen LogP contribution in [0.15, 0.2) is 36.4 Å². The molecule has 0 fully saturated rings. The van der Waals surface area contributed by atoms with Crippen molar-refractivity contribution in [3.63, 3.8) is 0 Å². The van der Waals surface area contributed by atoms with Gasteiger partial charge < -0.3 is 34.9 Å². The number of nitrogens with zero attached hydrogens (tertiary/aromatic N) is 1. The number of aryl methyl sites for hydroxylation is 2. The monoisotopic (exact) mass is 649 g/mol. The number of hydroxylamine groups is 2. The van der Waals surface area contributed by atoms with Gasteiger partial charge in [0.25, 0.3) is 11.8 Å². The van der Waals surface area contributed by atoms with Crippen molar-refractivity contribution in [1.82, 2.24) is 10.4 Å². The summed E-state index contributed by atoms with van der Waals surface area (Å²) in [4.78, 5) is 58.0. The summed E-state index contributed by atoms with van der Waals surface area (Å²) >= 11 is 6.45. The van der Waals surface area contributed by atoms with E-state index in [1.54, 1.807) is 26.0 Å². The standard InChI is InChI=1S/C31H33ClN4O9/c1-15-8-16(2)10-17(9-15)45-23-11-18-20(33-31(40)22(35-29(18)38)14-25(37)36(3)44-7)13-21(23)34-30(39)19-12-24(41-4)27(42-5)28(43-6)26(19)32/h8-13,22H,14H2,1-7H3,(H,33,40)(H,34,39)(H,35,38)/t22-/m0/s1/i4D3,5D3,6D3. The molecule has 0 unspecified atom stereocenters. The lowest BCUT2D eigenvalue weighted by molar-refractivity contribution is -0.169. The van der Waals surface area contributed by atoms with Crippen LogP contribution in [-0.4, -0.2) is 70.0 Å². The van der Waals surface area contributed by atoms with Crippen LogP contribution >= 0.6 is 11.6 Å². The number of carbonyl (C=O) groups excluding carboxylic acids is 4. The largest absolute Gasteiger partial charge is 0.493 e. The summed E-state index contributed by atoms with van der Waals surface area (Å²) in [5.41, 5.74) is 0.401. The van der Waals surface area contributed by atoms with Crippen LogP contribution in [0.1, 0.15) is 50.6 Å². The summed E-state index contributed by atoms with van der Waals surface area (Å²) < 4.78 is 88.7. The van der Waals surface area contributed by atoms with E-state index in [0.717, 1.165) is 22.3 Å². The Bertz CT molecular complexity index is 1970. The SMILES string of the molecule is [2H]C([2H])([2H])Oc1cc(C(=O)Nc2cc3c(cc2Oc2cc(C)cc(C)c2)C(=O)N[C@@H](CC(=O)N(C)OC)C(=O)N3)c(Cl)c(OC([2H])([2H])[2H])c1OC([2H])([2H])[2H]. The number of amides is 4. The number of halogens is 1. The lowest BCUT2D eigenvalue weighted by Crippen LogP contribution is -2.44. The molecule has 0 bridgehead atoms. The highest BCUT2D eigenvalue weighted by Gasteiger charge is 2.32. The normalized spacial score (nSPS) is 17.7. The maximum Gasteiger partial charge on any atom is 0.257 e. The van der Waals surface area contributed by atoms with E-state index in [1.165, 1.54) is 20.2 Å². The van der Waals surface area contributed by atoms with Crippen molar-refractivity contribution < 1.29 is 55.3 Å². The van der Waals surface area contributed by atoms with Gasteiger partial charge in [0.1, 0.15) is 11.8 Å². The van der Waals surface area contributed by atoms with Gasteiger partial charge in [0.15, 0.2) is 17.2 Å². The number of anilines is 2. The number of hydrogen-bond donors (Lipinski definition) is 3. The second-order valence-corrected chi connectivity index (χ2v) is 10.1. The number of nitrogens with one attached hydrogen (secondary N) is 3. The van der Waals surface area contributed by atoms with Crippen LogP contribution in [0.4, 0.5) is 11.4 Å². The number of methoxy groups -OCH3 is 3. The van der Waals surface area contributed by atoms with Gasteiger partial charge in [0.2, 0.25) is 17.6 Å². The maximum atomic E-state index is 14.0. The van der Waals surface area contributed by atoms with Crippen LogP contribution in [0.2, 0.25) is 5.02 Å². The molecule has 3 aromatic rings. The molecule has 0 radical (unpaired) electrons. The average molecular weight is 650 g/mol. The third-order valence-electron chi connectivity index (χ3n) is 6.62. The Kier molecular flexibility index (Phi) is 6.87.